The first-order chi connectivity index (χ1) is 19.1. The average molecular weight is 548 g/mol. The third kappa shape index (κ3) is 5.56. The van der Waals surface area contributed by atoms with E-state index >= 15 is 0 Å². The van der Waals surface area contributed by atoms with Gasteiger partial charge in [0, 0.05) is 44.2 Å². The molecule has 5 aliphatic rings. The van der Waals surface area contributed by atoms with E-state index in [0.717, 1.165) is 86.7 Å². The van der Waals surface area contributed by atoms with Crippen molar-refractivity contribution in [2.24, 2.45) is 5.92 Å². The molecule has 1 atom stereocenters. The maximum Gasteiger partial charge on any atom is 0.225 e. The van der Waals surface area contributed by atoms with Crippen LogP contribution in [0.5, 0.6) is 0 Å². The molecule has 10 nitrogen and oxygen atoms in total. The molecule has 0 radical (unpaired) electrons. The van der Waals surface area contributed by atoms with Gasteiger partial charge in [-0.15, -0.1) is 5.10 Å². The normalized spacial score (nSPS) is 25.4. The summed E-state index contributed by atoms with van der Waals surface area (Å²) >= 11 is 1.78. The van der Waals surface area contributed by atoms with Crippen LogP contribution in [0.4, 0.5) is 17.6 Å². The lowest BCUT2D eigenvalue weighted by Gasteiger charge is -2.40. The fraction of sp³-hybridized carbons (Fsp3) is 0.607. The van der Waals surface area contributed by atoms with E-state index < -0.39 is 0 Å². The highest BCUT2D eigenvalue weighted by Crippen LogP contribution is 2.36. The van der Waals surface area contributed by atoms with Gasteiger partial charge in [-0.3, -0.25) is 0 Å². The molecule has 11 heteroatoms. The van der Waals surface area contributed by atoms with Crippen LogP contribution in [-0.4, -0.2) is 73.6 Å². The minimum atomic E-state index is -0.0940. The van der Waals surface area contributed by atoms with Crippen molar-refractivity contribution >= 4 is 29.5 Å². The first-order valence-corrected chi connectivity index (χ1v) is 15.3. The maximum atomic E-state index is 6.53. The summed E-state index contributed by atoms with van der Waals surface area (Å²) in [6.07, 6.45) is 13.0. The molecule has 206 valence electrons. The second kappa shape index (κ2) is 10.6. The Bertz CT molecular complexity index is 1300. The number of ether oxygens (including phenoxy) is 1. The molecule has 3 fully saturated rings. The van der Waals surface area contributed by atoms with Crippen molar-refractivity contribution in [2.45, 2.75) is 69.1 Å². The molecule has 3 aromatic heterocycles. The van der Waals surface area contributed by atoms with Gasteiger partial charge in [0.2, 0.25) is 5.95 Å². The van der Waals surface area contributed by atoms with Gasteiger partial charge in [0.25, 0.3) is 0 Å². The summed E-state index contributed by atoms with van der Waals surface area (Å²) in [4.78, 5) is 19.3. The highest BCUT2D eigenvalue weighted by Gasteiger charge is 2.33. The van der Waals surface area contributed by atoms with Gasteiger partial charge >= 0.3 is 0 Å². The number of rotatable bonds is 3. The molecule has 4 aliphatic heterocycles. The number of nitrogens with one attached hydrogen (secondary N) is 1. The Morgan fingerprint density at radius 2 is 1.85 bits per heavy atom. The zero-order valence-electron chi connectivity index (χ0n) is 22.6. The van der Waals surface area contributed by atoms with Gasteiger partial charge in [-0.1, -0.05) is 5.21 Å². The van der Waals surface area contributed by atoms with E-state index in [1.807, 2.05) is 29.2 Å². The number of hydrogen-bond acceptors (Lipinski definition) is 10. The van der Waals surface area contributed by atoms with Crippen LogP contribution in [0, 0.1) is 5.92 Å². The molecule has 1 unspecified atom stereocenters. The number of aromatic nitrogens is 6. The summed E-state index contributed by atoms with van der Waals surface area (Å²) in [5.74, 6) is 3.24. The average Bonchev–Trinajstić information content (AvgIpc) is 3.68. The molecule has 0 spiro atoms. The van der Waals surface area contributed by atoms with Crippen LogP contribution in [0.15, 0.2) is 30.6 Å². The van der Waals surface area contributed by atoms with Crippen molar-refractivity contribution in [1.82, 2.24) is 29.9 Å². The summed E-state index contributed by atoms with van der Waals surface area (Å²) in [6, 6.07) is 6.06. The van der Waals surface area contributed by atoms with Gasteiger partial charge < -0.3 is 19.3 Å². The molecule has 1 saturated carbocycles. The van der Waals surface area contributed by atoms with E-state index in [1.165, 1.54) is 32.1 Å². The molecule has 8 rings (SSSR count). The topological polar surface area (TPSA) is 97.1 Å². The van der Waals surface area contributed by atoms with Gasteiger partial charge in [0.1, 0.15) is 17.2 Å². The van der Waals surface area contributed by atoms with E-state index in [2.05, 4.69) is 42.8 Å². The van der Waals surface area contributed by atoms with Crippen molar-refractivity contribution < 1.29 is 4.74 Å². The summed E-state index contributed by atoms with van der Waals surface area (Å²) < 4.78 is 11.8. The van der Waals surface area contributed by atoms with Crippen LogP contribution >= 0.6 is 11.9 Å². The zero-order valence-corrected chi connectivity index (χ0v) is 23.4. The number of pyridine rings is 1. The predicted molar refractivity (Wildman–Crippen MR) is 154 cm³/mol. The van der Waals surface area contributed by atoms with Crippen LogP contribution in [0.1, 0.15) is 58.3 Å². The van der Waals surface area contributed by atoms with E-state index in [-0.39, 0.29) is 5.60 Å². The second-order valence-corrected chi connectivity index (χ2v) is 12.7. The van der Waals surface area contributed by atoms with Crippen molar-refractivity contribution in [2.75, 3.05) is 47.3 Å². The Balaban J connectivity index is 1.24. The number of fused-ring (bicyclic) bond motifs is 5. The Morgan fingerprint density at radius 1 is 0.974 bits per heavy atom. The number of piperidine rings is 2. The first-order valence-electron chi connectivity index (χ1n) is 14.4. The van der Waals surface area contributed by atoms with Crippen LogP contribution in [0.3, 0.4) is 0 Å². The Morgan fingerprint density at radius 3 is 2.72 bits per heavy atom. The molecule has 7 heterocycles. The van der Waals surface area contributed by atoms with E-state index in [0.29, 0.717) is 11.2 Å². The molecular weight excluding hydrogens is 510 g/mol. The van der Waals surface area contributed by atoms with Gasteiger partial charge in [-0.25, -0.2) is 19.6 Å². The minimum Gasteiger partial charge on any atom is -0.375 e. The molecule has 8 bridgehead atoms. The van der Waals surface area contributed by atoms with Crippen molar-refractivity contribution in [1.29, 1.82) is 0 Å². The third-order valence-corrected chi connectivity index (χ3v) is 9.62. The van der Waals surface area contributed by atoms with Crippen molar-refractivity contribution in [3.63, 3.8) is 0 Å². The predicted octanol–water partition coefficient (Wildman–Crippen LogP) is 4.73. The molecule has 0 aromatic carbocycles. The van der Waals surface area contributed by atoms with Crippen LogP contribution in [0.2, 0.25) is 0 Å². The molecule has 1 N–H and O–H groups in total. The van der Waals surface area contributed by atoms with E-state index in [4.69, 9.17) is 14.7 Å². The van der Waals surface area contributed by atoms with Crippen molar-refractivity contribution in [3.8, 4) is 17.1 Å². The quantitative estimate of drug-likeness (QED) is 0.464. The van der Waals surface area contributed by atoms with Crippen LogP contribution in [0.25, 0.3) is 17.1 Å². The molecule has 1 aliphatic carbocycles. The molecular formula is C28H37N9OS. The lowest BCUT2D eigenvalue weighted by molar-refractivity contribution is -0.0501. The Hall–Kier alpha value is -2.92. The van der Waals surface area contributed by atoms with Gasteiger partial charge in [0.05, 0.1) is 17.5 Å². The fourth-order valence-corrected chi connectivity index (χ4v) is 6.66. The largest absolute Gasteiger partial charge is 0.375 e. The lowest BCUT2D eigenvalue weighted by Crippen LogP contribution is -2.45. The van der Waals surface area contributed by atoms with E-state index in [9.17, 15) is 0 Å². The Labute approximate surface area is 234 Å². The number of nitrogens with zero attached hydrogens (tertiary/aromatic N) is 8. The summed E-state index contributed by atoms with van der Waals surface area (Å²) in [7, 11) is 0. The SMILES string of the molecule is CC12CCN(CC1)c1nc(NSC3CC3)ccc1-n1cc(nn1)-c1ccnc(n1)N1CCCC(CCCO2)C1. The van der Waals surface area contributed by atoms with Gasteiger partial charge in [-0.2, -0.15) is 0 Å². The third-order valence-electron chi connectivity index (χ3n) is 8.48. The molecule has 0 amide bonds. The Kier molecular flexibility index (Phi) is 6.80. The van der Waals surface area contributed by atoms with Crippen molar-refractivity contribution in [3.05, 3.63) is 30.6 Å². The standard InChI is InChI=1S/C28H37N9OS/c1-28-11-15-35(16-12-28)26-24(8-9-25(31-26)33-39-21-6-7-21)37-19-23(32-34-37)22-10-13-29-27(30-22)36-14-2-4-20(18-36)5-3-17-38-28/h8-10,13,19-21H,2-7,11-12,14-18H2,1H3,(H,31,33). The minimum absolute atomic E-state index is 0.0940. The van der Waals surface area contributed by atoms with Gasteiger partial charge in [0.15, 0.2) is 5.82 Å². The molecule has 3 aromatic rings. The molecule has 2 saturated heterocycles. The number of anilines is 3. The first kappa shape index (κ1) is 25.1. The highest BCUT2D eigenvalue weighted by atomic mass is 32.2. The zero-order chi connectivity index (χ0) is 26.2. The highest BCUT2D eigenvalue weighted by molar-refractivity contribution is 8.01. The fourth-order valence-electron chi connectivity index (χ4n) is 5.89. The smallest absolute Gasteiger partial charge is 0.225 e. The second-order valence-electron chi connectivity index (χ2n) is 11.6. The van der Waals surface area contributed by atoms with Crippen LogP contribution < -0.4 is 14.5 Å². The van der Waals surface area contributed by atoms with Gasteiger partial charge in [-0.05, 0) is 94.4 Å². The van der Waals surface area contributed by atoms with E-state index in [1.54, 1.807) is 11.9 Å². The summed E-state index contributed by atoms with van der Waals surface area (Å²) in [5.41, 5.74) is 2.36. The summed E-state index contributed by atoms with van der Waals surface area (Å²) in [5, 5.41) is 9.75. The maximum absolute atomic E-state index is 6.53. The summed E-state index contributed by atoms with van der Waals surface area (Å²) in [6.45, 7) is 6.87. The molecule has 39 heavy (non-hydrogen) atoms. The number of hydrogen-bond donors (Lipinski definition) is 1. The van der Waals surface area contributed by atoms with Crippen LogP contribution in [-0.2, 0) is 4.74 Å². The monoisotopic (exact) mass is 547 g/mol. The lowest BCUT2D eigenvalue weighted by atomic mass is 9.92.